The molecule has 0 saturated carbocycles. The summed E-state index contributed by atoms with van der Waals surface area (Å²) in [7, 11) is 1.48. The molecule has 5 heteroatoms. The Morgan fingerprint density at radius 1 is 1.33 bits per heavy atom. The van der Waals surface area contributed by atoms with Crippen molar-refractivity contribution >= 4 is 17.5 Å². The van der Waals surface area contributed by atoms with Crippen LogP contribution in [-0.4, -0.2) is 49.6 Å². The van der Waals surface area contributed by atoms with Gasteiger partial charge in [-0.1, -0.05) is 17.7 Å². The van der Waals surface area contributed by atoms with Gasteiger partial charge < -0.3 is 14.5 Å². The summed E-state index contributed by atoms with van der Waals surface area (Å²) in [6.45, 7) is 6.86. The zero-order chi connectivity index (χ0) is 15.6. The standard InChI is InChI=1S/C16H22N2O3/c1-11-5-6-14(12(2)9-11)18-8-7-17(13(3)16(18)20)15(19)10-21-4/h5-6,9,13H,7-8,10H2,1-4H3. The molecule has 0 radical (unpaired) electrons. The van der Waals surface area contributed by atoms with Crippen LogP contribution in [0.1, 0.15) is 18.1 Å². The summed E-state index contributed by atoms with van der Waals surface area (Å²) in [6.07, 6.45) is 0. The van der Waals surface area contributed by atoms with E-state index in [1.807, 2.05) is 26.0 Å². The fourth-order valence-electron chi connectivity index (χ4n) is 2.76. The van der Waals surface area contributed by atoms with Crippen LogP contribution < -0.4 is 4.90 Å². The number of hydrogen-bond acceptors (Lipinski definition) is 3. The van der Waals surface area contributed by atoms with Gasteiger partial charge in [-0.3, -0.25) is 9.59 Å². The van der Waals surface area contributed by atoms with E-state index >= 15 is 0 Å². The molecule has 1 aromatic carbocycles. The van der Waals surface area contributed by atoms with Crippen molar-refractivity contribution in [2.75, 3.05) is 31.7 Å². The zero-order valence-corrected chi connectivity index (χ0v) is 13.0. The minimum atomic E-state index is -0.456. The van der Waals surface area contributed by atoms with Crippen molar-refractivity contribution in [1.29, 1.82) is 0 Å². The van der Waals surface area contributed by atoms with E-state index in [9.17, 15) is 9.59 Å². The van der Waals surface area contributed by atoms with Gasteiger partial charge in [-0.2, -0.15) is 0 Å². The number of rotatable bonds is 3. The van der Waals surface area contributed by atoms with E-state index in [0.717, 1.165) is 11.3 Å². The van der Waals surface area contributed by atoms with Crippen LogP contribution in [0.15, 0.2) is 18.2 Å². The number of methoxy groups -OCH3 is 1. The minimum Gasteiger partial charge on any atom is -0.375 e. The van der Waals surface area contributed by atoms with Gasteiger partial charge in [0.2, 0.25) is 11.8 Å². The number of nitrogens with zero attached hydrogens (tertiary/aromatic N) is 2. The van der Waals surface area contributed by atoms with Crippen LogP contribution in [0, 0.1) is 13.8 Å². The minimum absolute atomic E-state index is 0.0151. The Bertz CT molecular complexity index is 556. The Labute approximate surface area is 125 Å². The van der Waals surface area contributed by atoms with E-state index in [0.29, 0.717) is 13.1 Å². The highest BCUT2D eigenvalue weighted by Crippen LogP contribution is 2.25. The van der Waals surface area contributed by atoms with Crippen molar-refractivity contribution in [1.82, 2.24) is 4.90 Å². The number of hydrogen-bond donors (Lipinski definition) is 0. The average Bonchev–Trinajstić information content (AvgIpc) is 2.43. The number of benzene rings is 1. The molecule has 2 rings (SSSR count). The molecular formula is C16H22N2O3. The van der Waals surface area contributed by atoms with Crippen LogP contribution in [0.3, 0.4) is 0 Å². The smallest absolute Gasteiger partial charge is 0.249 e. The maximum atomic E-state index is 12.6. The lowest BCUT2D eigenvalue weighted by molar-refractivity contribution is -0.143. The molecule has 1 saturated heterocycles. The van der Waals surface area contributed by atoms with E-state index in [-0.39, 0.29) is 18.4 Å². The van der Waals surface area contributed by atoms with Crippen LogP contribution in [0.2, 0.25) is 0 Å². The lowest BCUT2D eigenvalue weighted by atomic mass is 10.1. The van der Waals surface area contributed by atoms with Gasteiger partial charge in [0, 0.05) is 25.9 Å². The summed E-state index contributed by atoms with van der Waals surface area (Å²) in [6, 6.07) is 5.59. The van der Waals surface area contributed by atoms with Crippen LogP contribution in [0.5, 0.6) is 0 Å². The SMILES string of the molecule is COCC(=O)N1CCN(c2ccc(C)cc2C)C(=O)C1C. The summed E-state index contributed by atoms with van der Waals surface area (Å²) in [5.74, 6) is -0.184. The lowest BCUT2D eigenvalue weighted by Gasteiger charge is -2.39. The second-order valence-electron chi connectivity index (χ2n) is 5.48. The normalized spacial score (nSPS) is 19.0. The summed E-state index contributed by atoms with van der Waals surface area (Å²) in [5, 5.41) is 0. The highest BCUT2D eigenvalue weighted by atomic mass is 16.5. The second kappa shape index (κ2) is 6.26. The molecule has 0 aromatic heterocycles. The second-order valence-corrected chi connectivity index (χ2v) is 5.48. The molecule has 1 atom stereocenters. The Morgan fingerprint density at radius 2 is 2.05 bits per heavy atom. The van der Waals surface area contributed by atoms with Crippen molar-refractivity contribution in [2.45, 2.75) is 26.8 Å². The predicted octanol–water partition coefficient (Wildman–Crippen LogP) is 1.51. The van der Waals surface area contributed by atoms with Gasteiger partial charge >= 0.3 is 0 Å². The molecule has 1 aromatic rings. The molecule has 0 bridgehead atoms. The summed E-state index contributed by atoms with van der Waals surface area (Å²) < 4.78 is 4.87. The van der Waals surface area contributed by atoms with Crippen molar-refractivity contribution < 1.29 is 14.3 Å². The Morgan fingerprint density at radius 3 is 2.67 bits per heavy atom. The largest absolute Gasteiger partial charge is 0.375 e. The molecule has 21 heavy (non-hydrogen) atoms. The van der Waals surface area contributed by atoms with Crippen molar-refractivity contribution in [3.05, 3.63) is 29.3 Å². The maximum Gasteiger partial charge on any atom is 0.249 e. The van der Waals surface area contributed by atoms with Crippen LogP contribution in [-0.2, 0) is 14.3 Å². The van der Waals surface area contributed by atoms with E-state index in [1.54, 1.807) is 16.7 Å². The third kappa shape index (κ3) is 3.08. The monoisotopic (exact) mass is 290 g/mol. The van der Waals surface area contributed by atoms with Crippen molar-refractivity contribution in [2.24, 2.45) is 0 Å². The number of amides is 2. The van der Waals surface area contributed by atoms with Gasteiger partial charge in [0.1, 0.15) is 12.6 Å². The number of anilines is 1. The summed E-state index contributed by atoms with van der Waals surface area (Å²) in [5.41, 5.74) is 3.18. The fourth-order valence-corrected chi connectivity index (χ4v) is 2.76. The summed E-state index contributed by atoms with van der Waals surface area (Å²) in [4.78, 5) is 27.9. The van der Waals surface area contributed by atoms with E-state index in [1.165, 1.54) is 12.7 Å². The topological polar surface area (TPSA) is 49.9 Å². The number of ether oxygens (including phenoxy) is 1. The third-order valence-electron chi connectivity index (χ3n) is 3.89. The Balaban J connectivity index is 2.19. The molecular weight excluding hydrogens is 268 g/mol. The molecule has 1 aliphatic rings. The molecule has 2 amide bonds. The third-order valence-corrected chi connectivity index (χ3v) is 3.89. The highest BCUT2D eigenvalue weighted by molar-refractivity contribution is 6.00. The first kappa shape index (κ1) is 15.5. The van der Waals surface area contributed by atoms with Gasteiger partial charge in [0.05, 0.1) is 0 Å². The average molecular weight is 290 g/mol. The first-order valence-corrected chi connectivity index (χ1v) is 7.12. The zero-order valence-electron chi connectivity index (χ0n) is 13.0. The maximum absolute atomic E-state index is 12.6. The highest BCUT2D eigenvalue weighted by Gasteiger charge is 2.35. The molecule has 0 aliphatic carbocycles. The van der Waals surface area contributed by atoms with E-state index in [4.69, 9.17) is 4.74 Å². The van der Waals surface area contributed by atoms with E-state index in [2.05, 4.69) is 6.07 Å². The lowest BCUT2D eigenvalue weighted by Crippen LogP contribution is -2.58. The molecule has 114 valence electrons. The van der Waals surface area contributed by atoms with Crippen molar-refractivity contribution in [3.8, 4) is 0 Å². The molecule has 0 spiro atoms. The molecule has 0 N–H and O–H groups in total. The predicted molar refractivity (Wildman–Crippen MR) is 81.3 cm³/mol. The molecule has 1 aliphatic heterocycles. The quantitative estimate of drug-likeness (QED) is 0.848. The molecule has 5 nitrogen and oxygen atoms in total. The van der Waals surface area contributed by atoms with Gasteiger partial charge in [0.25, 0.3) is 0 Å². The van der Waals surface area contributed by atoms with E-state index < -0.39 is 6.04 Å². The first-order chi connectivity index (χ1) is 9.95. The summed E-state index contributed by atoms with van der Waals surface area (Å²) >= 11 is 0. The fraction of sp³-hybridized carbons (Fsp3) is 0.500. The first-order valence-electron chi connectivity index (χ1n) is 7.12. The van der Waals surface area contributed by atoms with Crippen LogP contribution in [0.4, 0.5) is 5.69 Å². The molecule has 1 unspecified atom stereocenters. The van der Waals surface area contributed by atoms with Gasteiger partial charge in [-0.15, -0.1) is 0 Å². The van der Waals surface area contributed by atoms with Gasteiger partial charge in [0.15, 0.2) is 0 Å². The van der Waals surface area contributed by atoms with Crippen molar-refractivity contribution in [3.63, 3.8) is 0 Å². The number of piperazine rings is 1. The Hall–Kier alpha value is -1.88. The van der Waals surface area contributed by atoms with Gasteiger partial charge in [-0.05, 0) is 32.4 Å². The van der Waals surface area contributed by atoms with Crippen LogP contribution in [0.25, 0.3) is 0 Å². The number of aryl methyl sites for hydroxylation is 2. The molecule has 1 fully saturated rings. The number of carbonyl (C=O) groups excluding carboxylic acids is 2. The van der Waals surface area contributed by atoms with Gasteiger partial charge in [-0.25, -0.2) is 0 Å². The Kier molecular flexibility index (Phi) is 4.63. The number of carbonyl (C=O) groups is 2. The van der Waals surface area contributed by atoms with Crippen LogP contribution >= 0.6 is 0 Å². The molecule has 1 heterocycles.